The van der Waals surface area contributed by atoms with Crippen molar-refractivity contribution in [2.24, 2.45) is 17.8 Å². The Morgan fingerprint density at radius 1 is 0.276 bits per heavy atom. The predicted molar refractivity (Wildman–Crippen MR) is 432 cm³/mol. The molecule has 0 bridgehead atoms. The van der Waals surface area contributed by atoms with Crippen molar-refractivity contribution in [2.45, 2.75) is 471 Å². The minimum Gasteiger partial charge on any atom is -0.462 e. The standard InChI is InChI=1S/C86H168O17P2/c1-8-11-12-13-14-15-16-32-39-46-53-60-67-83(88)96-73-81(102-85(90)69-62-55-48-41-34-27-20-17-23-29-36-43-50-57-64-77(4)5)75-100-104(92,93)98-71-80(87)72-99-105(94,95)101-76-82(103-86(91)70-63-56-49-42-35-28-22-19-25-31-38-45-52-59-66-79(7)10-3)74-97-84(89)68-61-54-47-40-33-26-21-18-24-30-37-44-51-58-65-78(6)9-2/h77-82,87H,8-76H2,1-7H3,(H,92,93)(H,94,95)/t78?,79?,80-,81+,82+/m0/s1. The van der Waals surface area contributed by atoms with Crippen molar-refractivity contribution in [2.75, 3.05) is 39.6 Å². The average molecular weight is 1540 g/mol. The van der Waals surface area contributed by atoms with Crippen LogP contribution >= 0.6 is 15.6 Å². The van der Waals surface area contributed by atoms with Gasteiger partial charge in [0.05, 0.1) is 26.4 Å². The number of hydrogen-bond acceptors (Lipinski definition) is 15. The Balaban J connectivity index is 5.27. The average Bonchev–Trinajstić information content (AvgIpc) is 0.917. The number of esters is 4. The van der Waals surface area contributed by atoms with Crippen LogP contribution in [0, 0.1) is 17.8 Å². The molecule has 0 rings (SSSR count). The molecule has 0 aliphatic heterocycles. The topological polar surface area (TPSA) is 237 Å². The summed E-state index contributed by atoms with van der Waals surface area (Å²) in [5.41, 5.74) is 0. The lowest BCUT2D eigenvalue weighted by atomic mass is 9.99. The molecule has 7 atom stereocenters. The molecule has 4 unspecified atom stereocenters. The maximum atomic E-state index is 13.1. The third-order valence-electron chi connectivity index (χ3n) is 20.9. The molecule has 19 heteroatoms. The molecule has 0 aromatic rings. The minimum absolute atomic E-state index is 0.108. The molecular weight excluding hydrogens is 1370 g/mol. The number of hydrogen-bond donors (Lipinski definition) is 3. The van der Waals surface area contributed by atoms with E-state index in [-0.39, 0.29) is 25.7 Å². The second kappa shape index (κ2) is 76.1. The van der Waals surface area contributed by atoms with Crippen LogP contribution in [0.1, 0.15) is 453 Å². The number of carbonyl (C=O) groups is 4. The highest BCUT2D eigenvalue weighted by molar-refractivity contribution is 7.47. The molecule has 0 spiro atoms. The Labute approximate surface area is 645 Å². The molecule has 0 aromatic heterocycles. The summed E-state index contributed by atoms with van der Waals surface area (Å²) in [6.45, 7) is 12.1. The van der Waals surface area contributed by atoms with E-state index in [0.717, 1.165) is 108 Å². The molecule has 0 aliphatic carbocycles. The Morgan fingerprint density at radius 2 is 0.486 bits per heavy atom. The van der Waals surface area contributed by atoms with Gasteiger partial charge in [-0.15, -0.1) is 0 Å². The van der Waals surface area contributed by atoms with Gasteiger partial charge in [-0.05, 0) is 43.4 Å². The molecule has 0 saturated heterocycles. The maximum Gasteiger partial charge on any atom is 0.472 e. The van der Waals surface area contributed by atoms with Gasteiger partial charge in [-0.2, -0.15) is 0 Å². The molecule has 3 N–H and O–H groups in total. The van der Waals surface area contributed by atoms with Crippen molar-refractivity contribution in [3.05, 3.63) is 0 Å². The smallest absolute Gasteiger partial charge is 0.462 e. The molecule has 624 valence electrons. The summed E-state index contributed by atoms with van der Waals surface area (Å²) in [6, 6.07) is 0. The number of ether oxygens (including phenoxy) is 4. The third kappa shape index (κ3) is 77.2. The zero-order valence-corrected chi connectivity index (χ0v) is 71.0. The largest absolute Gasteiger partial charge is 0.472 e. The van der Waals surface area contributed by atoms with Gasteiger partial charge in [-0.1, -0.05) is 402 Å². The Morgan fingerprint density at radius 3 is 0.724 bits per heavy atom. The van der Waals surface area contributed by atoms with E-state index in [1.54, 1.807) is 0 Å². The molecule has 0 amide bonds. The molecule has 0 aliphatic rings. The Kier molecular flexibility index (Phi) is 74.7. The molecule has 0 fully saturated rings. The monoisotopic (exact) mass is 1540 g/mol. The lowest BCUT2D eigenvalue weighted by Gasteiger charge is -2.21. The van der Waals surface area contributed by atoms with Gasteiger partial charge >= 0.3 is 39.5 Å². The van der Waals surface area contributed by atoms with E-state index in [2.05, 4.69) is 48.5 Å². The minimum atomic E-state index is -4.97. The fourth-order valence-corrected chi connectivity index (χ4v) is 14.9. The fourth-order valence-electron chi connectivity index (χ4n) is 13.3. The number of phosphoric ester groups is 2. The second-order valence-electron chi connectivity index (χ2n) is 31.9. The van der Waals surface area contributed by atoms with E-state index in [4.69, 9.17) is 37.0 Å². The number of phosphoric acid groups is 2. The number of rotatable bonds is 84. The number of aliphatic hydroxyl groups excluding tert-OH is 1. The highest BCUT2D eigenvalue weighted by atomic mass is 31.2. The van der Waals surface area contributed by atoms with E-state index in [1.165, 1.54) is 263 Å². The lowest BCUT2D eigenvalue weighted by Crippen LogP contribution is -2.30. The van der Waals surface area contributed by atoms with Crippen LogP contribution in [-0.4, -0.2) is 96.7 Å². The fraction of sp³-hybridized carbons (Fsp3) is 0.953. The number of aliphatic hydroxyl groups is 1. The van der Waals surface area contributed by atoms with Crippen molar-refractivity contribution >= 4 is 39.5 Å². The Hall–Kier alpha value is -1.94. The van der Waals surface area contributed by atoms with Crippen LogP contribution < -0.4 is 0 Å². The summed E-state index contributed by atoms with van der Waals surface area (Å²) in [5, 5.41) is 10.7. The maximum absolute atomic E-state index is 13.1. The lowest BCUT2D eigenvalue weighted by molar-refractivity contribution is -0.161. The van der Waals surface area contributed by atoms with E-state index in [1.807, 2.05) is 0 Å². The van der Waals surface area contributed by atoms with Gasteiger partial charge in [-0.3, -0.25) is 37.3 Å². The van der Waals surface area contributed by atoms with E-state index in [0.29, 0.717) is 25.7 Å². The first-order valence-corrected chi connectivity index (χ1v) is 47.4. The van der Waals surface area contributed by atoms with Gasteiger partial charge < -0.3 is 33.8 Å². The van der Waals surface area contributed by atoms with Gasteiger partial charge in [0, 0.05) is 25.7 Å². The summed E-state index contributed by atoms with van der Waals surface area (Å²) in [6.07, 6.45) is 66.3. The van der Waals surface area contributed by atoms with Gasteiger partial charge in [0.25, 0.3) is 0 Å². The van der Waals surface area contributed by atoms with Crippen molar-refractivity contribution in [1.82, 2.24) is 0 Å². The first-order valence-electron chi connectivity index (χ1n) is 44.4. The number of unbranched alkanes of at least 4 members (excludes halogenated alkanes) is 50. The van der Waals surface area contributed by atoms with Crippen LogP contribution in [0.15, 0.2) is 0 Å². The van der Waals surface area contributed by atoms with Crippen LogP contribution in [0.5, 0.6) is 0 Å². The summed E-state index contributed by atoms with van der Waals surface area (Å²) >= 11 is 0. The molecule has 0 saturated carbocycles. The first kappa shape index (κ1) is 103. The highest BCUT2D eigenvalue weighted by Crippen LogP contribution is 2.45. The molecular formula is C86H168O17P2. The Bertz CT molecular complexity index is 2030. The van der Waals surface area contributed by atoms with Crippen LogP contribution in [-0.2, 0) is 65.4 Å². The molecule has 17 nitrogen and oxygen atoms in total. The van der Waals surface area contributed by atoms with Crippen LogP contribution in [0.25, 0.3) is 0 Å². The van der Waals surface area contributed by atoms with Crippen LogP contribution in [0.2, 0.25) is 0 Å². The summed E-state index contributed by atoms with van der Waals surface area (Å²) in [7, 11) is -9.93. The zero-order chi connectivity index (χ0) is 77.2. The third-order valence-corrected chi connectivity index (χ3v) is 22.8. The van der Waals surface area contributed by atoms with E-state index in [9.17, 15) is 43.2 Å². The summed E-state index contributed by atoms with van der Waals surface area (Å²) in [4.78, 5) is 73.3. The van der Waals surface area contributed by atoms with Crippen LogP contribution in [0.4, 0.5) is 0 Å². The van der Waals surface area contributed by atoms with Crippen molar-refractivity contribution < 1.29 is 80.2 Å². The number of carbonyl (C=O) groups excluding carboxylic acids is 4. The van der Waals surface area contributed by atoms with Crippen LogP contribution in [0.3, 0.4) is 0 Å². The molecule has 0 aromatic carbocycles. The molecule has 0 heterocycles. The van der Waals surface area contributed by atoms with Gasteiger partial charge in [0.2, 0.25) is 0 Å². The van der Waals surface area contributed by atoms with Gasteiger partial charge in [0.15, 0.2) is 12.2 Å². The molecule has 105 heavy (non-hydrogen) atoms. The van der Waals surface area contributed by atoms with E-state index < -0.39 is 97.5 Å². The van der Waals surface area contributed by atoms with Gasteiger partial charge in [-0.25, -0.2) is 9.13 Å². The quantitative estimate of drug-likeness (QED) is 0.0222. The zero-order valence-electron chi connectivity index (χ0n) is 69.2. The van der Waals surface area contributed by atoms with Crippen molar-refractivity contribution in [3.63, 3.8) is 0 Å². The predicted octanol–water partition coefficient (Wildman–Crippen LogP) is 26.1. The van der Waals surface area contributed by atoms with Gasteiger partial charge in [0.1, 0.15) is 19.3 Å². The summed E-state index contributed by atoms with van der Waals surface area (Å²) < 4.78 is 68.9. The normalized spacial score (nSPS) is 14.4. The second-order valence-corrected chi connectivity index (χ2v) is 34.8. The summed E-state index contributed by atoms with van der Waals surface area (Å²) in [5.74, 6) is 0.389. The first-order chi connectivity index (χ1) is 50.8. The van der Waals surface area contributed by atoms with E-state index >= 15 is 0 Å². The highest BCUT2D eigenvalue weighted by Gasteiger charge is 2.30. The van der Waals surface area contributed by atoms with Crippen molar-refractivity contribution in [3.8, 4) is 0 Å². The SMILES string of the molecule is CCCCCCCCCCCCCCC(=O)OC[C@H](COP(=O)(O)OC[C@H](O)COP(=O)(O)OC[C@@H](COC(=O)CCCCCCCCCCCCCCCCC(C)CC)OC(=O)CCCCCCCCCCCCCCCCC(C)CC)OC(=O)CCCCCCCCCCCCCCCCC(C)C. The van der Waals surface area contributed by atoms with Crippen molar-refractivity contribution in [1.29, 1.82) is 0 Å². The molecule has 0 radical (unpaired) electrons.